The minimum Gasteiger partial charge on any atom is -0.366 e. The maximum absolute atomic E-state index is 12.5. The first-order valence-corrected chi connectivity index (χ1v) is 18.2. The molecule has 19 heteroatoms. The van der Waals surface area contributed by atoms with Crippen molar-refractivity contribution in [2.45, 2.75) is 38.3 Å². The Labute approximate surface area is 348 Å². The third-order valence-corrected chi connectivity index (χ3v) is 9.20. The summed E-state index contributed by atoms with van der Waals surface area (Å²) in [6.07, 6.45) is 5.38. The van der Waals surface area contributed by atoms with Crippen LogP contribution in [0.15, 0.2) is 110 Å². The van der Waals surface area contributed by atoms with Gasteiger partial charge in [0, 0.05) is 86.3 Å². The standard InChI is InChI=1S/2C20H15ClF3N5.ClH/c2*21-15-6-16-14(10-28-19(16)29-11-15)5-12-2-4-18(26-7-12)27-9-13-1-3-17(25-8-13)20(22,23)24;/h2*1-4,6-8,10-11H,5,9H2,(H,26,27)(H,28,29);1H. The number of H-pyrrole nitrogens is 2. The fourth-order valence-corrected chi connectivity index (χ4v) is 6.16. The van der Waals surface area contributed by atoms with Gasteiger partial charge in [0.15, 0.2) is 0 Å². The summed E-state index contributed by atoms with van der Waals surface area (Å²) in [4.78, 5) is 30.4. The molecule has 0 saturated heterocycles. The molecule has 0 unspecified atom stereocenters. The molecule has 0 radical (unpaired) electrons. The van der Waals surface area contributed by atoms with Crippen molar-refractivity contribution in [2.24, 2.45) is 0 Å². The fraction of sp³-hybridized carbons (Fsp3) is 0.150. The molecular formula is C40H31Cl3F6N10. The van der Waals surface area contributed by atoms with Crippen LogP contribution in [0.3, 0.4) is 0 Å². The van der Waals surface area contributed by atoms with Gasteiger partial charge in [-0.2, -0.15) is 26.3 Å². The SMILES string of the molecule is Cl.FC(F)(F)c1ccc(CNc2ccc(Cc3c[nH]c4ncc(Cl)cc34)cn2)cn1.FC(F)(F)c1ccc(CNc2ccc(Cc3c[nH]c4ncc(Cl)cc34)cn2)cn1. The lowest BCUT2D eigenvalue weighted by Gasteiger charge is -2.08. The van der Waals surface area contributed by atoms with Crippen molar-refractivity contribution < 1.29 is 26.3 Å². The van der Waals surface area contributed by atoms with Gasteiger partial charge in [-0.05, 0) is 69.8 Å². The summed E-state index contributed by atoms with van der Waals surface area (Å²) in [6.45, 7) is 0.647. The van der Waals surface area contributed by atoms with E-state index in [1.165, 1.54) is 24.5 Å². The van der Waals surface area contributed by atoms with Gasteiger partial charge in [-0.3, -0.25) is 9.97 Å². The highest BCUT2D eigenvalue weighted by molar-refractivity contribution is 6.31. The maximum Gasteiger partial charge on any atom is 0.433 e. The first-order chi connectivity index (χ1) is 27.8. The summed E-state index contributed by atoms with van der Waals surface area (Å²) in [5.74, 6) is 1.24. The van der Waals surface area contributed by atoms with Crippen molar-refractivity contribution >= 4 is 69.3 Å². The van der Waals surface area contributed by atoms with E-state index >= 15 is 0 Å². The van der Waals surface area contributed by atoms with E-state index in [4.69, 9.17) is 23.2 Å². The highest BCUT2D eigenvalue weighted by Crippen LogP contribution is 2.29. The van der Waals surface area contributed by atoms with E-state index in [9.17, 15) is 26.3 Å². The van der Waals surface area contributed by atoms with Gasteiger partial charge in [-0.1, -0.05) is 47.5 Å². The number of anilines is 2. The van der Waals surface area contributed by atoms with Crippen molar-refractivity contribution in [3.63, 3.8) is 0 Å². The van der Waals surface area contributed by atoms with Crippen molar-refractivity contribution in [2.75, 3.05) is 10.6 Å². The van der Waals surface area contributed by atoms with Gasteiger partial charge >= 0.3 is 12.4 Å². The lowest BCUT2D eigenvalue weighted by atomic mass is 10.1. The summed E-state index contributed by atoms with van der Waals surface area (Å²) >= 11 is 12.1. The number of halogens is 9. The Hall–Kier alpha value is -5.97. The smallest absolute Gasteiger partial charge is 0.366 e. The normalized spacial score (nSPS) is 11.5. The van der Waals surface area contributed by atoms with Gasteiger partial charge in [0.2, 0.25) is 0 Å². The van der Waals surface area contributed by atoms with Crippen LogP contribution in [0.2, 0.25) is 10.0 Å². The number of aromatic amines is 2. The summed E-state index contributed by atoms with van der Waals surface area (Å²) in [7, 11) is 0. The molecule has 0 amide bonds. The molecule has 10 nitrogen and oxygen atoms in total. The van der Waals surface area contributed by atoms with Gasteiger partial charge < -0.3 is 20.6 Å². The van der Waals surface area contributed by atoms with Crippen LogP contribution in [0.4, 0.5) is 38.0 Å². The predicted molar refractivity (Wildman–Crippen MR) is 217 cm³/mol. The Kier molecular flexibility index (Phi) is 13.2. The van der Waals surface area contributed by atoms with E-state index in [0.717, 1.165) is 56.5 Å². The molecule has 8 rings (SSSR count). The van der Waals surface area contributed by atoms with Crippen molar-refractivity contribution in [3.8, 4) is 0 Å². The summed E-state index contributed by atoms with van der Waals surface area (Å²) in [5, 5.41) is 9.24. The number of hydrogen-bond acceptors (Lipinski definition) is 8. The molecule has 0 fully saturated rings. The van der Waals surface area contributed by atoms with Gasteiger partial charge in [0.05, 0.1) is 10.0 Å². The highest BCUT2D eigenvalue weighted by atomic mass is 35.5. The number of nitrogens with one attached hydrogen (secondary N) is 4. The minimum atomic E-state index is -4.43. The molecule has 4 N–H and O–H groups in total. The first kappa shape index (κ1) is 42.6. The summed E-state index contributed by atoms with van der Waals surface area (Å²) in [5.41, 5.74) is 5.15. The Morgan fingerprint density at radius 1 is 0.492 bits per heavy atom. The number of fused-ring (bicyclic) bond motifs is 2. The molecule has 0 bridgehead atoms. The number of nitrogens with zero attached hydrogens (tertiary/aromatic N) is 6. The zero-order valence-electron chi connectivity index (χ0n) is 30.3. The van der Waals surface area contributed by atoms with Gasteiger partial charge in [0.25, 0.3) is 0 Å². The van der Waals surface area contributed by atoms with Crippen LogP contribution >= 0.6 is 35.6 Å². The van der Waals surface area contributed by atoms with Crippen LogP contribution in [-0.4, -0.2) is 39.9 Å². The van der Waals surface area contributed by atoms with E-state index in [0.29, 0.717) is 58.7 Å². The van der Waals surface area contributed by atoms with Gasteiger partial charge in [-0.15, -0.1) is 12.4 Å². The predicted octanol–water partition coefficient (Wildman–Crippen LogP) is 10.9. The van der Waals surface area contributed by atoms with Crippen LogP contribution in [0.5, 0.6) is 0 Å². The molecule has 0 aliphatic carbocycles. The van der Waals surface area contributed by atoms with Crippen LogP contribution in [0, 0.1) is 0 Å². The largest absolute Gasteiger partial charge is 0.433 e. The van der Waals surface area contributed by atoms with E-state index in [1.54, 1.807) is 24.8 Å². The molecule has 0 aliphatic heterocycles. The number of alkyl halides is 6. The molecule has 8 aromatic rings. The van der Waals surface area contributed by atoms with Crippen molar-refractivity contribution in [3.05, 3.63) is 165 Å². The van der Waals surface area contributed by atoms with Crippen LogP contribution in [-0.2, 0) is 38.3 Å². The lowest BCUT2D eigenvalue weighted by Crippen LogP contribution is -2.08. The van der Waals surface area contributed by atoms with Gasteiger partial charge in [-0.25, -0.2) is 19.9 Å². The van der Waals surface area contributed by atoms with Crippen molar-refractivity contribution in [1.82, 2.24) is 39.9 Å². The first-order valence-electron chi connectivity index (χ1n) is 17.4. The molecule has 0 aromatic carbocycles. The molecular weight excluding hydrogens is 841 g/mol. The molecule has 8 heterocycles. The second kappa shape index (κ2) is 18.3. The molecule has 304 valence electrons. The molecule has 59 heavy (non-hydrogen) atoms. The second-order valence-electron chi connectivity index (χ2n) is 13.0. The van der Waals surface area contributed by atoms with E-state index in [2.05, 4.69) is 50.5 Å². The number of pyridine rings is 6. The second-order valence-corrected chi connectivity index (χ2v) is 13.9. The summed E-state index contributed by atoms with van der Waals surface area (Å²) < 4.78 is 75.3. The van der Waals surface area contributed by atoms with Gasteiger partial charge in [0.1, 0.15) is 34.3 Å². The molecule has 8 aromatic heterocycles. The van der Waals surface area contributed by atoms with E-state index < -0.39 is 23.7 Å². The molecule has 0 saturated carbocycles. The fourth-order valence-electron chi connectivity index (χ4n) is 5.84. The number of rotatable bonds is 10. The van der Waals surface area contributed by atoms with E-state index in [1.807, 2.05) is 48.8 Å². The zero-order chi connectivity index (χ0) is 40.9. The third kappa shape index (κ3) is 11.2. The molecule has 0 aliphatic rings. The topological polar surface area (TPSA) is 133 Å². The quantitative estimate of drug-likeness (QED) is 0.0999. The Morgan fingerprint density at radius 3 is 1.22 bits per heavy atom. The monoisotopic (exact) mass is 870 g/mol. The Balaban J connectivity index is 0.000000195. The zero-order valence-corrected chi connectivity index (χ0v) is 32.7. The van der Waals surface area contributed by atoms with Crippen molar-refractivity contribution in [1.29, 1.82) is 0 Å². The highest BCUT2D eigenvalue weighted by Gasteiger charge is 2.32. The van der Waals surface area contributed by atoms with Crippen LogP contribution in [0.1, 0.15) is 44.8 Å². The minimum absolute atomic E-state index is 0. The van der Waals surface area contributed by atoms with Crippen LogP contribution < -0.4 is 10.6 Å². The molecule has 0 spiro atoms. The van der Waals surface area contributed by atoms with Crippen LogP contribution in [0.25, 0.3) is 22.1 Å². The maximum atomic E-state index is 12.5. The molecule has 0 atom stereocenters. The average molecular weight is 872 g/mol. The Morgan fingerprint density at radius 2 is 0.881 bits per heavy atom. The third-order valence-electron chi connectivity index (χ3n) is 8.78. The average Bonchev–Trinajstić information content (AvgIpc) is 3.79. The lowest BCUT2D eigenvalue weighted by molar-refractivity contribution is -0.142. The number of hydrogen-bond donors (Lipinski definition) is 4. The summed E-state index contributed by atoms with van der Waals surface area (Å²) in [6, 6.07) is 16.0. The number of aromatic nitrogens is 8. The van der Waals surface area contributed by atoms with E-state index in [-0.39, 0.29) is 12.4 Å². The Bertz CT molecular complexity index is 2430.